The molecule has 0 aliphatic carbocycles. The molecule has 0 spiro atoms. The van der Waals surface area contributed by atoms with Crippen molar-refractivity contribution in [2.24, 2.45) is 0 Å². The third kappa shape index (κ3) is 7.81. The Morgan fingerprint density at radius 2 is 1.54 bits per heavy atom. The van der Waals surface area contributed by atoms with E-state index in [1.165, 1.54) is 69.8 Å². The zero-order chi connectivity index (χ0) is 16.9. The van der Waals surface area contributed by atoms with Gasteiger partial charge in [0.25, 0.3) is 0 Å². The monoisotopic (exact) mass is 327 g/mol. The van der Waals surface area contributed by atoms with Crippen LogP contribution in [0.2, 0.25) is 0 Å². The number of carbonyl (C=O) groups excluding carboxylic acids is 1. The molecule has 1 aromatic carbocycles. The van der Waals surface area contributed by atoms with E-state index in [1.807, 2.05) is 4.90 Å². The van der Waals surface area contributed by atoms with Gasteiger partial charge in [-0.1, -0.05) is 62.1 Å². The molecule has 2 heteroatoms. The number of amides is 1. The first-order chi connectivity index (χ1) is 11.9. The number of aryl methyl sites for hydroxylation is 1. The molecular formula is C22H33NO. The predicted octanol–water partition coefficient (Wildman–Crippen LogP) is 5.53. The molecule has 1 aromatic rings. The smallest absolute Gasteiger partial charge is 0.246 e. The fourth-order valence-corrected chi connectivity index (χ4v) is 3.35. The first kappa shape index (κ1) is 18.8. The average Bonchev–Trinajstić information content (AvgIpc) is 2.64. The second-order valence-electron chi connectivity index (χ2n) is 6.93. The lowest BCUT2D eigenvalue weighted by atomic mass is 10.0. The molecule has 0 saturated carbocycles. The Bertz CT molecular complexity index is 474. The topological polar surface area (TPSA) is 20.3 Å². The molecule has 0 atom stereocenters. The SMILES string of the molecule is O=C(/C=C/CCCCCCCCc1ccccc1)N1CCCCC1. The fourth-order valence-electron chi connectivity index (χ4n) is 3.35. The van der Waals surface area contributed by atoms with Crippen LogP contribution in [0.4, 0.5) is 0 Å². The molecule has 2 nitrogen and oxygen atoms in total. The third-order valence-corrected chi connectivity index (χ3v) is 4.86. The van der Waals surface area contributed by atoms with Crippen LogP contribution in [0.15, 0.2) is 42.5 Å². The van der Waals surface area contributed by atoms with Crippen LogP contribution < -0.4 is 0 Å². The summed E-state index contributed by atoms with van der Waals surface area (Å²) in [5, 5.41) is 0. The van der Waals surface area contributed by atoms with Gasteiger partial charge in [0.2, 0.25) is 5.91 Å². The van der Waals surface area contributed by atoms with Crippen LogP contribution in [-0.4, -0.2) is 23.9 Å². The molecule has 1 aliphatic rings. The van der Waals surface area contributed by atoms with Gasteiger partial charge in [0, 0.05) is 13.1 Å². The van der Waals surface area contributed by atoms with E-state index in [-0.39, 0.29) is 5.91 Å². The van der Waals surface area contributed by atoms with E-state index in [0.29, 0.717) is 0 Å². The van der Waals surface area contributed by atoms with Crippen molar-refractivity contribution in [3.63, 3.8) is 0 Å². The maximum absolute atomic E-state index is 12.0. The average molecular weight is 328 g/mol. The summed E-state index contributed by atoms with van der Waals surface area (Å²) in [6.07, 6.45) is 17.5. The first-order valence-electron chi connectivity index (χ1n) is 9.85. The van der Waals surface area contributed by atoms with Crippen LogP contribution in [0.3, 0.4) is 0 Å². The lowest BCUT2D eigenvalue weighted by molar-refractivity contribution is -0.126. The molecule has 1 saturated heterocycles. The van der Waals surface area contributed by atoms with Crippen molar-refractivity contribution in [3.8, 4) is 0 Å². The number of likely N-dealkylation sites (tertiary alicyclic amines) is 1. The Balaban J connectivity index is 1.41. The second-order valence-corrected chi connectivity index (χ2v) is 6.93. The van der Waals surface area contributed by atoms with Crippen LogP contribution in [0.25, 0.3) is 0 Å². The molecule has 24 heavy (non-hydrogen) atoms. The van der Waals surface area contributed by atoms with Crippen molar-refractivity contribution in [3.05, 3.63) is 48.0 Å². The summed E-state index contributed by atoms with van der Waals surface area (Å²) in [6.45, 7) is 1.90. The third-order valence-electron chi connectivity index (χ3n) is 4.86. The normalized spacial score (nSPS) is 15.1. The standard InChI is InChI=1S/C22H33NO/c24-22(23-19-13-8-14-20-23)18-12-6-4-2-1-3-5-9-15-21-16-10-7-11-17-21/h7,10-12,16-18H,1-6,8-9,13-15,19-20H2/b18-12+. The van der Waals surface area contributed by atoms with Gasteiger partial charge < -0.3 is 4.90 Å². The van der Waals surface area contributed by atoms with E-state index in [9.17, 15) is 4.79 Å². The van der Waals surface area contributed by atoms with E-state index in [1.54, 1.807) is 6.08 Å². The van der Waals surface area contributed by atoms with Gasteiger partial charge >= 0.3 is 0 Å². The maximum Gasteiger partial charge on any atom is 0.246 e. The highest BCUT2D eigenvalue weighted by atomic mass is 16.2. The Kier molecular flexibility index (Phi) is 9.29. The van der Waals surface area contributed by atoms with Gasteiger partial charge in [0.05, 0.1) is 0 Å². The quantitative estimate of drug-likeness (QED) is 0.409. The zero-order valence-electron chi connectivity index (χ0n) is 15.1. The molecule has 0 radical (unpaired) electrons. The minimum absolute atomic E-state index is 0.218. The maximum atomic E-state index is 12.0. The summed E-state index contributed by atoms with van der Waals surface area (Å²) in [7, 11) is 0. The number of piperidine rings is 1. The Morgan fingerprint density at radius 3 is 2.29 bits per heavy atom. The van der Waals surface area contributed by atoms with Crippen molar-refractivity contribution in [1.82, 2.24) is 4.90 Å². The molecule has 0 unspecified atom stereocenters. The van der Waals surface area contributed by atoms with Crippen molar-refractivity contribution in [2.75, 3.05) is 13.1 Å². The van der Waals surface area contributed by atoms with E-state index in [0.717, 1.165) is 19.5 Å². The summed E-state index contributed by atoms with van der Waals surface area (Å²) in [4.78, 5) is 14.0. The highest BCUT2D eigenvalue weighted by molar-refractivity contribution is 5.87. The van der Waals surface area contributed by atoms with E-state index in [2.05, 4.69) is 36.4 Å². The van der Waals surface area contributed by atoms with Crippen molar-refractivity contribution < 1.29 is 4.79 Å². The van der Waals surface area contributed by atoms with Crippen molar-refractivity contribution in [1.29, 1.82) is 0 Å². The molecule has 2 rings (SSSR count). The Hall–Kier alpha value is -1.57. The van der Waals surface area contributed by atoms with Crippen LogP contribution in [0.1, 0.15) is 69.8 Å². The minimum atomic E-state index is 0.218. The first-order valence-corrected chi connectivity index (χ1v) is 9.85. The number of hydrogen-bond acceptors (Lipinski definition) is 1. The van der Waals surface area contributed by atoms with Crippen LogP contribution >= 0.6 is 0 Å². The van der Waals surface area contributed by atoms with Gasteiger partial charge in [0.1, 0.15) is 0 Å². The Labute approximate surface area is 147 Å². The van der Waals surface area contributed by atoms with Gasteiger partial charge in [-0.05, 0) is 56.6 Å². The molecule has 1 heterocycles. The summed E-state index contributed by atoms with van der Waals surface area (Å²) in [5.41, 5.74) is 1.46. The molecule has 0 N–H and O–H groups in total. The molecule has 1 fully saturated rings. The summed E-state index contributed by atoms with van der Waals surface area (Å²) >= 11 is 0. The minimum Gasteiger partial charge on any atom is -0.339 e. The summed E-state index contributed by atoms with van der Waals surface area (Å²) < 4.78 is 0. The lowest BCUT2D eigenvalue weighted by Crippen LogP contribution is -2.34. The van der Waals surface area contributed by atoms with E-state index >= 15 is 0 Å². The number of allylic oxidation sites excluding steroid dienone is 1. The Morgan fingerprint density at radius 1 is 0.875 bits per heavy atom. The van der Waals surface area contributed by atoms with E-state index in [4.69, 9.17) is 0 Å². The van der Waals surface area contributed by atoms with Crippen LogP contribution in [0.5, 0.6) is 0 Å². The number of hydrogen-bond donors (Lipinski definition) is 0. The second kappa shape index (κ2) is 11.9. The molecule has 1 aliphatic heterocycles. The number of carbonyl (C=O) groups is 1. The predicted molar refractivity (Wildman–Crippen MR) is 102 cm³/mol. The highest BCUT2D eigenvalue weighted by Gasteiger charge is 2.13. The highest BCUT2D eigenvalue weighted by Crippen LogP contribution is 2.12. The molecule has 132 valence electrons. The van der Waals surface area contributed by atoms with Crippen LogP contribution in [-0.2, 0) is 11.2 Å². The number of nitrogens with zero attached hydrogens (tertiary/aromatic N) is 1. The number of benzene rings is 1. The van der Waals surface area contributed by atoms with Crippen molar-refractivity contribution in [2.45, 2.75) is 70.6 Å². The summed E-state index contributed by atoms with van der Waals surface area (Å²) in [5.74, 6) is 0.218. The van der Waals surface area contributed by atoms with Gasteiger partial charge in [-0.2, -0.15) is 0 Å². The fraction of sp³-hybridized carbons (Fsp3) is 0.591. The molecule has 0 aromatic heterocycles. The van der Waals surface area contributed by atoms with Gasteiger partial charge in [-0.3, -0.25) is 4.79 Å². The van der Waals surface area contributed by atoms with Gasteiger partial charge in [-0.15, -0.1) is 0 Å². The van der Waals surface area contributed by atoms with E-state index < -0.39 is 0 Å². The number of rotatable bonds is 10. The van der Waals surface area contributed by atoms with Crippen LogP contribution in [0, 0.1) is 0 Å². The number of unbranched alkanes of at least 4 members (excludes halogenated alkanes) is 6. The zero-order valence-corrected chi connectivity index (χ0v) is 15.1. The largest absolute Gasteiger partial charge is 0.339 e. The molecular weight excluding hydrogens is 294 g/mol. The molecule has 0 bridgehead atoms. The van der Waals surface area contributed by atoms with Crippen molar-refractivity contribution >= 4 is 5.91 Å². The lowest BCUT2D eigenvalue weighted by Gasteiger charge is -2.25. The summed E-state index contributed by atoms with van der Waals surface area (Å²) in [6, 6.07) is 10.8. The van der Waals surface area contributed by atoms with Gasteiger partial charge in [-0.25, -0.2) is 0 Å². The molecule has 1 amide bonds. The van der Waals surface area contributed by atoms with Gasteiger partial charge in [0.15, 0.2) is 0 Å².